The van der Waals surface area contributed by atoms with Crippen LogP contribution in [0.15, 0.2) is 30.4 Å². The topological polar surface area (TPSA) is 38.8 Å². The van der Waals surface area contributed by atoms with Crippen molar-refractivity contribution in [3.05, 3.63) is 30.4 Å². The molecular formula is C13H17NO3. The van der Waals surface area contributed by atoms with E-state index in [1.54, 1.807) is 46.4 Å². The molecular weight excluding hydrogens is 218 g/mol. The van der Waals surface area contributed by atoms with Gasteiger partial charge in [0.15, 0.2) is 0 Å². The smallest absolute Gasteiger partial charge is 0.253 e. The SMILES string of the molecule is C=C(C)C(=O)N(C)c1cc(OC)cc(OC)c1. The van der Waals surface area contributed by atoms with E-state index in [1.807, 2.05) is 0 Å². The highest BCUT2D eigenvalue weighted by atomic mass is 16.5. The molecule has 0 aliphatic rings. The molecule has 0 aliphatic heterocycles. The summed E-state index contributed by atoms with van der Waals surface area (Å²) in [4.78, 5) is 13.3. The zero-order valence-electron chi connectivity index (χ0n) is 10.6. The van der Waals surface area contributed by atoms with Gasteiger partial charge in [0.1, 0.15) is 11.5 Å². The Kier molecular flexibility index (Phi) is 4.15. The average Bonchev–Trinajstić information content (AvgIpc) is 2.35. The minimum absolute atomic E-state index is 0.139. The lowest BCUT2D eigenvalue weighted by Crippen LogP contribution is -2.26. The Labute approximate surface area is 101 Å². The van der Waals surface area contributed by atoms with Gasteiger partial charge in [0, 0.05) is 30.8 Å². The average molecular weight is 235 g/mol. The van der Waals surface area contributed by atoms with E-state index in [-0.39, 0.29) is 5.91 Å². The number of amides is 1. The molecule has 0 heterocycles. The molecule has 0 saturated carbocycles. The predicted molar refractivity (Wildman–Crippen MR) is 67.8 cm³/mol. The molecule has 0 saturated heterocycles. The molecule has 1 aromatic rings. The second-order valence-corrected chi connectivity index (χ2v) is 3.72. The monoisotopic (exact) mass is 235 g/mol. The molecule has 0 bridgehead atoms. The van der Waals surface area contributed by atoms with Gasteiger partial charge in [0.05, 0.1) is 19.9 Å². The number of anilines is 1. The van der Waals surface area contributed by atoms with Crippen molar-refractivity contribution in [1.82, 2.24) is 0 Å². The molecule has 4 nitrogen and oxygen atoms in total. The van der Waals surface area contributed by atoms with Gasteiger partial charge in [0.25, 0.3) is 5.91 Å². The number of likely N-dealkylation sites (N-methyl/N-ethyl adjacent to an activating group) is 1. The Bertz CT molecular complexity index is 418. The third-order valence-corrected chi connectivity index (χ3v) is 2.39. The predicted octanol–water partition coefficient (Wildman–Crippen LogP) is 2.24. The Morgan fingerprint density at radius 2 is 1.65 bits per heavy atom. The molecule has 1 aromatic carbocycles. The number of hydrogen-bond donors (Lipinski definition) is 0. The Morgan fingerprint density at radius 3 is 2.00 bits per heavy atom. The maximum absolute atomic E-state index is 11.8. The van der Waals surface area contributed by atoms with Crippen molar-refractivity contribution in [1.29, 1.82) is 0 Å². The fourth-order valence-corrected chi connectivity index (χ4v) is 1.39. The number of nitrogens with zero attached hydrogens (tertiary/aromatic N) is 1. The first-order valence-electron chi connectivity index (χ1n) is 5.16. The Balaban J connectivity index is 3.12. The van der Waals surface area contributed by atoms with Gasteiger partial charge in [-0.05, 0) is 6.92 Å². The maximum atomic E-state index is 11.8. The molecule has 1 amide bonds. The summed E-state index contributed by atoms with van der Waals surface area (Å²) in [5.74, 6) is 1.14. The van der Waals surface area contributed by atoms with Crippen molar-refractivity contribution in [3.63, 3.8) is 0 Å². The van der Waals surface area contributed by atoms with Crippen LogP contribution in [0.5, 0.6) is 11.5 Å². The van der Waals surface area contributed by atoms with E-state index in [0.29, 0.717) is 22.8 Å². The van der Waals surface area contributed by atoms with Crippen LogP contribution in [0.1, 0.15) is 6.92 Å². The summed E-state index contributed by atoms with van der Waals surface area (Å²) in [6.45, 7) is 5.31. The van der Waals surface area contributed by atoms with Crippen LogP contribution in [0.2, 0.25) is 0 Å². The molecule has 0 atom stereocenters. The molecule has 4 heteroatoms. The molecule has 0 aliphatic carbocycles. The molecule has 0 unspecified atom stereocenters. The van der Waals surface area contributed by atoms with E-state index in [2.05, 4.69) is 6.58 Å². The number of rotatable bonds is 4. The van der Waals surface area contributed by atoms with Gasteiger partial charge in [-0.3, -0.25) is 4.79 Å². The molecule has 0 spiro atoms. The van der Waals surface area contributed by atoms with Gasteiger partial charge in [0.2, 0.25) is 0 Å². The van der Waals surface area contributed by atoms with Crippen molar-refractivity contribution in [2.75, 3.05) is 26.2 Å². The van der Waals surface area contributed by atoms with Gasteiger partial charge in [-0.2, -0.15) is 0 Å². The van der Waals surface area contributed by atoms with Crippen LogP contribution in [0, 0.1) is 0 Å². The first kappa shape index (κ1) is 13.1. The third-order valence-electron chi connectivity index (χ3n) is 2.39. The molecule has 0 fully saturated rings. The van der Waals surface area contributed by atoms with Crippen molar-refractivity contribution in [2.24, 2.45) is 0 Å². The van der Waals surface area contributed by atoms with Gasteiger partial charge < -0.3 is 14.4 Å². The minimum Gasteiger partial charge on any atom is -0.497 e. The number of methoxy groups -OCH3 is 2. The van der Waals surface area contributed by atoms with E-state index in [9.17, 15) is 4.79 Å². The normalized spacial score (nSPS) is 9.65. The number of carbonyl (C=O) groups is 1. The Morgan fingerprint density at radius 1 is 1.18 bits per heavy atom. The number of benzene rings is 1. The summed E-state index contributed by atoms with van der Waals surface area (Å²) < 4.78 is 10.3. The van der Waals surface area contributed by atoms with Crippen molar-refractivity contribution in [3.8, 4) is 11.5 Å². The van der Waals surface area contributed by atoms with E-state index in [1.165, 1.54) is 4.90 Å². The van der Waals surface area contributed by atoms with Crippen molar-refractivity contribution in [2.45, 2.75) is 6.92 Å². The van der Waals surface area contributed by atoms with E-state index in [0.717, 1.165) is 0 Å². The molecule has 0 radical (unpaired) electrons. The summed E-state index contributed by atoms with van der Waals surface area (Å²) in [6.07, 6.45) is 0. The van der Waals surface area contributed by atoms with Crippen LogP contribution >= 0.6 is 0 Å². The van der Waals surface area contributed by atoms with Crippen LogP contribution in [-0.4, -0.2) is 27.2 Å². The second-order valence-electron chi connectivity index (χ2n) is 3.72. The first-order chi connectivity index (χ1) is 7.99. The summed E-state index contributed by atoms with van der Waals surface area (Å²) in [5.41, 5.74) is 1.18. The lowest BCUT2D eigenvalue weighted by atomic mass is 10.2. The standard InChI is InChI=1S/C13H17NO3/c1-9(2)13(15)14(3)10-6-11(16-4)8-12(7-10)17-5/h6-8H,1H2,2-5H3. The van der Waals surface area contributed by atoms with Gasteiger partial charge >= 0.3 is 0 Å². The fourth-order valence-electron chi connectivity index (χ4n) is 1.39. The fraction of sp³-hybridized carbons (Fsp3) is 0.308. The van der Waals surface area contributed by atoms with Crippen LogP contribution in [-0.2, 0) is 4.79 Å². The lowest BCUT2D eigenvalue weighted by Gasteiger charge is -2.19. The molecule has 92 valence electrons. The third kappa shape index (κ3) is 3.00. The highest BCUT2D eigenvalue weighted by Crippen LogP contribution is 2.28. The highest BCUT2D eigenvalue weighted by Gasteiger charge is 2.13. The van der Waals surface area contributed by atoms with Crippen molar-refractivity contribution < 1.29 is 14.3 Å². The van der Waals surface area contributed by atoms with Gasteiger partial charge in [-0.15, -0.1) is 0 Å². The first-order valence-corrected chi connectivity index (χ1v) is 5.16. The highest BCUT2D eigenvalue weighted by molar-refractivity contribution is 6.04. The Hall–Kier alpha value is -1.97. The summed E-state index contributed by atoms with van der Waals surface area (Å²) in [5, 5.41) is 0. The van der Waals surface area contributed by atoms with Crippen LogP contribution in [0.3, 0.4) is 0 Å². The molecule has 0 aromatic heterocycles. The molecule has 17 heavy (non-hydrogen) atoms. The zero-order chi connectivity index (χ0) is 13.0. The summed E-state index contributed by atoms with van der Waals surface area (Å²) in [7, 11) is 4.82. The minimum atomic E-state index is -0.139. The second kappa shape index (κ2) is 5.39. The maximum Gasteiger partial charge on any atom is 0.253 e. The molecule has 0 N–H and O–H groups in total. The van der Waals surface area contributed by atoms with Crippen molar-refractivity contribution >= 4 is 11.6 Å². The van der Waals surface area contributed by atoms with Crippen LogP contribution in [0.4, 0.5) is 5.69 Å². The van der Waals surface area contributed by atoms with E-state index >= 15 is 0 Å². The number of carbonyl (C=O) groups excluding carboxylic acids is 1. The number of hydrogen-bond acceptors (Lipinski definition) is 3. The van der Waals surface area contributed by atoms with Gasteiger partial charge in [-0.1, -0.05) is 6.58 Å². The lowest BCUT2D eigenvalue weighted by molar-refractivity contribution is -0.114. The summed E-state index contributed by atoms with van der Waals surface area (Å²) >= 11 is 0. The van der Waals surface area contributed by atoms with Gasteiger partial charge in [-0.25, -0.2) is 0 Å². The van der Waals surface area contributed by atoms with Crippen LogP contribution in [0.25, 0.3) is 0 Å². The summed E-state index contributed by atoms with van der Waals surface area (Å²) in [6, 6.07) is 5.29. The quantitative estimate of drug-likeness (QED) is 0.751. The van der Waals surface area contributed by atoms with E-state index < -0.39 is 0 Å². The van der Waals surface area contributed by atoms with E-state index in [4.69, 9.17) is 9.47 Å². The molecule has 1 rings (SSSR count). The largest absolute Gasteiger partial charge is 0.497 e. The van der Waals surface area contributed by atoms with Crippen LogP contribution < -0.4 is 14.4 Å². The number of ether oxygens (including phenoxy) is 2. The zero-order valence-corrected chi connectivity index (χ0v) is 10.6.